The predicted molar refractivity (Wildman–Crippen MR) is 74.9 cm³/mol. The van der Waals surface area contributed by atoms with Gasteiger partial charge in [0.25, 0.3) is 0 Å². The molecule has 104 valence electrons. The Labute approximate surface area is 114 Å². The van der Waals surface area contributed by atoms with E-state index in [1.165, 1.54) is 11.1 Å². The summed E-state index contributed by atoms with van der Waals surface area (Å²) in [5.41, 5.74) is 2.39. The van der Waals surface area contributed by atoms with Crippen LogP contribution >= 0.6 is 0 Å². The molecule has 1 heterocycles. The van der Waals surface area contributed by atoms with Gasteiger partial charge < -0.3 is 15.0 Å². The molecule has 1 aromatic rings. The maximum absolute atomic E-state index is 12.4. The number of benzene rings is 1. The zero-order chi connectivity index (χ0) is 13.8. The third kappa shape index (κ3) is 3.33. The Balaban J connectivity index is 2.01. The van der Waals surface area contributed by atoms with Crippen molar-refractivity contribution in [1.29, 1.82) is 0 Å². The summed E-state index contributed by atoms with van der Waals surface area (Å²) in [4.78, 5) is 14.2. The minimum Gasteiger partial charge on any atom is -0.375 e. The van der Waals surface area contributed by atoms with E-state index in [1.807, 2.05) is 26.1 Å². The first-order valence-corrected chi connectivity index (χ1v) is 6.74. The summed E-state index contributed by atoms with van der Waals surface area (Å²) in [6, 6.07) is 7.92. The van der Waals surface area contributed by atoms with Gasteiger partial charge in [0.1, 0.15) is 6.04 Å². The van der Waals surface area contributed by atoms with Gasteiger partial charge in [-0.2, -0.15) is 0 Å². The van der Waals surface area contributed by atoms with E-state index in [2.05, 4.69) is 24.4 Å². The Morgan fingerprint density at radius 2 is 2.21 bits per heavy atom. The van der Waals surface area contributed by atoms with E-state index < -0.39 is 0 Å². The number of likely N-dealkylation sites (N-methyl/N-ethyl adjacent to an activating group) is 1. The van der Waals surface area contributed by atoms with Gasteiger partial charge in [0.2, 0.25) is 5.91 Å². The van der Waals surface area contributed by atoms with Gasteiger partial charge in [-0.3, -0.25) is 4.79 Å². The quantitative estimate of drug-likeness (QED) is 0.893. The molecule has 0 aromatic heterocycles. The van der Waals surface area contributed by atoms with Crippen LogP contribution in [0, 0.1) is 6.92 Å². The summed E-state index contributed by atoms with van der Waals surface area (Å²) >= 11 is 0. The molecule has 1 amide bonds. The maximum atomic E-state index is 12.4. The van der Waals surface area contributed by atoms with Crippen molar-refractivity contribution in [3.63, 3.8) is 0 Å². The Bertz CT molecular complexity index is 448. The Morgan fingerprint density at radius 3 is 2.89 bits per heavy atom. The van der Waals surface area contributed by atoms with E-state index in [4.69, 9.17) is 4.74 Å². The number of nitrogens with zero attached hydrogens (tertiary/aromatic N) is 1. The molecule has 0 spiro atoms. The fourth-order valence-electron chi connectivity index (χ4n) is 2.37. The monoisotopic (exact) mass is 262 g/mol. The fourth-order valence-corrected chi connectivity index (χ4v) is 2.37. The summed E-state index contributed by atoms with van der Waals surface area (Å²) in [5.74, 6) is 0.0930. The minimum atomic E-state index is -0.234. The average molecular weight is 262 g/mol. The summed E-state index contributed by atoms with van der Waals surface area (Å²) in [6.45, 7) is 6.05. The number of aryl methyl sites for hydroxylation is 1. The number of carbonyl (C=O) groups excluding carboxylic acids is 1. The zero-order valence-corrected chi connectivity index (χ0v) is 11.8. The first-order chi connectivity index (χ1) is 9.09. The van der Waals surface area contributed by atoms with Gasteiger partial charge in [-0.05, 0) is 25.0 Å². The van der Waals surface area contributed by atoms with Crippen molar-refractivity contribution in [2.45, 2.75) is 32.5 Å². The second-order valence-electron chi connectivity index (χ2n) is 5.13. The van der Waals surface area contributed by atoms with Crippen molar-refractivity contribution in [2.75, 3.05) is 20.2 Å². The molecule has 1 aliphatic heterocycles. The largest absolute Gasteiger partial charge is 0.375 e. The van der Waals surface area contributed by atoms with Crippen LogP contribution in [0.1, 0.15) is 18.1 Å². The molecule has 1 aromatic carbocycles. The third-order valence-corrected chi connectivity index (χ3v) is 3.63. The lowest BCUT2D eigenvalue weighted by Crippen LogP contribution is -2.55. The van der Waals surface area contributed by atoms with Gasteiger partial charge >= 0.3 is 0 Å². The van der Waals surface area contributed by atoms with Crippen molar-refractivity contribution in [3.05, 3.63) is 35.4 Å². The Kier molecular flexibility index (Phi) is 4.56. The standard InChI is InChI=1S/C15H22N2O2/c1-11-6-4-5-7-13(11)10-17(3)15(18)14-12(2)19-9-8-16-14/h4-7,12,14,16H,8-10H2,1-3H3/t12-,14+/m1/s1. The number of ether oxygens (including phenoxy) is 1. The first kappa shape index (κ1) is 14.0. The average Bonchev–Trinajstić information content (AvgIpc) is 2.41. The second kappa shape index (κ2) is 6.17. The zero-order valence-electron chi connectivity index (χ0n) is 11.8. The lowest BCUT2D eigenvalue weighted by Gasteiger charge is -2.32. The molecule has 0 aliphatic carbocycles. The third-order valence-electron chi connectivity index (χ3n) is 3.63. The highest BCUT2D eigenvalue weighted by Gasteiger charge is 2.30. The van der Waals surface area contributed by atoms with Crippen LogP contribution in [0.25, 0.3) is 0 Å². The molecule has 19 heavy (non-hydrogen) atoms. The van der Waals surface area contributed by atoms with Crippen LogP contribution in [0.4, 0.5) is 0 Å². The van der Waals surface area contributed by atoms with Gasteiger partial charge in [0.15, 0.2) is 0 Å². The van der Waals surface area contributed by atoms with Crippen LogP contribution in [-0.4, -0.2) is 43.2 Å². The van der Waals surface area contributed by atoms with E-state index >= 15 is 0 Å². The number of amides is 1. The number of morpholine rings is 1. The fraction of sp³-hybridized carbons (Fsp3) is 0.533. The molecule has 0 bridgehead atoms. The highest BCUT2D eigenvalue weighted by Crippen LogP contribution is 2.12. The lowest BCUT2D eigenvalue weighted by molar-refractivity contribution is -0.138. The number of hydrogen-bond donors (Lipinski definition) is 1. The number of carbonyl (C=O) groups is 1. The highest BCUT2D eigenvalue weighted by atomic mass is 16.5. The molecule has 0 saturated carbocycles. The van der Waals surface area contributed by atoms with E-state index in [0.717, 1.165) is 6.54 Å². The molecule has 0 unspecified atom stereocenters. The lowest BCUT2D eigenvalue weighted by atomic mass is 10.1. The van der Waals surface area contributed by atoms with Crippen LogP contribution < -0.4 is 5.32 Å². The molecular weight excluding hydrogens is 240 g/mol. The van der Waals surface area contributed by atoms with Gasteiger partial charge in [-0.15, -0.1) is 0 Å². The van der Waals surface area contributed by atoms with E-state index in [9.17, 15) is 4.79 Å². The first-order valence-electron chi connectivity index (χ1n) is 6.74. The normalized spacial score (nSPS) is 23.1. The summed E-state index contributed by atoms with van der Waals surface area (Å²) in [5, 5.41) is 3.23. The topological polar surface area (TPSA) is 41.6 Å². The van der Waals surface area contributed by atoms with E-state index in [1.54, 1.807) is 4.90 Å². The predicted octanol–water partition coefficient (Wildman–Crippen LogP) is 1.33. The van der Waals surface area contributed by atoms with Gasteiger partial charge in [-0.1, -0.05) is 24.3 Å². The van der Waals surface area contributed by atoms with E-state index in [0.29, 0.717) is 13.2 Å². The number of nitrogens with one attached hydrogen (secondary N) is 1. The Morgan fingerprint density at radius 1 is 1.47 bits per heavy atom. The van der Waals surface area contributed by atoms with Crippen LogP contribution in [0.2, 0.25) is 0 Å². The maximum Gasteiger partial charge on any atom is 0.242 e. The van der Waals surface area contributed by atoms with Gasteiger partial charge in [0, 0.05) is 20.1 Å². The molecule has 1 saturated heterocycles. The molecule has 0 radical (unpaired) electrons. The smallest absolute Gasteiger partial charge is 0.242 e. The summed E-state index contributed by atoms with van der Waals surface area (Å²) < 4.78 is 5.53. The van der Waals surface area contributed by atoms with Crippen LogP contribution in [-0.2, 0) is 16.1 Å². The minimum absolute atomic E-state index is 0.0689. The van der Waals surface area contributed by atoms with Gasteiger partial charge in [0.05, 0.1) is 12.7 Å². The van der Waals surface area contributed by atoms with E-state index in [-0.39, 0.29) is 18.1 Å². The molecule has 4 nitrogen and oxygen atoms in total. The molecule has 1 aliphatic rings. The van der Waals surface area contributed by atoms with Crippen molar-refractivity contribution < 1.29 is 9.53 Å². The van der Waals surface area contributed by atoms with Crippen molar-refractivity contribution in [3.8, 4) is 0 Å². The second-order valence-corrected chi connectivity index (χ2v) is 5.13. The molecule has 1 fully saturated rings. The summed E-state index contributed by atoms with van der Waals surface area (Å²) in [6.07, 6.45) is -0.0689. The van der Waals surface area contributed by atoms with Crippen molar-refractivity contribution in [1.82, 2.24) is 10.2 Å². The SMILES string of the molecule is Cc1ccccc1CN(C)C(=O)[C@H]1NCCO[C@@H]1C. The van der Waals surface area contributed by atoms with Crippen LogP contribution in [0.5, 0.6) is 0 Å². The molecule has 2 atom stereocenters. The van der Waals surface area contributed by atoms with Crippen LogP contribution in [0.3, 0.4) is 0 Å². The Hall–Kier alpha value is -1.39. The van der Waals surface area contributed by atoms with Crippen molar-refractivity contribution >= 4 is 5.91 Å². The molecule has 4 heteroatoms. The number of hydrogen-bond acceptors (Lipinski definition) is 3. The highest BCUT2D eigenvalue weighted by molar-refractivity contribution is 5.82. The summed E-state index contributed by atoms with van der Waals surface area (Å²) in [7, 11) is 1.85. The van der Waals surface area contributed by atoms with Crippen LogP contribution in [0.15, 0.2) is 24.3 Å². The van der Waals surface area contributed by atoms with Gasteiger partial charge in [-0.25, -0.2) is 0 Å². The number of rotatable bonds is 3. The molecule has 1 N–H and O–H groups in total. The van der Waals surface area contributed by atoms with Crippen molar-refractivity contribution in [2.24, 2.45) is 0 Å². The molecule has 2 rings (SSSR count). The molecular formula is C15H22N2O2.